The minimum Gasteiger partial charge on any atom is -0.550 e. The molecule has 0 rings (SSSR count). The summed E-state index contributed by atoms with van der Waals surface area (Å²) in [6.45, 7) is 15.8. The second-order valence-corrected chi connectivity index (χ2v) is 10.3. The van der Waals surface area contributed by atoms with Gasteiger partial charge in [-0.05, 0) is 75.0 Å². The molecule has 0 amide bonds. The topological polar surface area (TPSA) is 161 Å². The number of aliphatic carboxylic acids is 4. The first-order chi connectivity index (χ1) is 18.9. The molecule has 0 aliphatic carbocycles. The maximum Gasteiger partial charge on any atom is 2.00 e. The largest absolute Gasteiger partial charge is 2.00 e. The van der Waals surface area contributed by atoms with E-state index in [1.807, 2.05) is 27.7 Å². The van der Waals surface area contributed by atoms with Gasteiger partial charge in [0.15, 0.2) is 0 Å². The Bertz CT molecular complexity index is 513. The summed E-state index contributed by atoms with van der Waals surface area (Å²) in [5, 5.41) is 41.3. The quantitative estimate of drug-likeness (QED) is 0.175. The number of carbonyl (C=O) groups excluding carboxylic acids is 4. The van der Waals surface area contributed by atoms with Crippen molar-refractivity contribution in [1.29, 1.82) is 0 Å². The van der Waals surface area contributed by atoms with Gasteiger partial charge in [0.1, 0.15) is 0 Å². The minimum absolute atomic E-state index is 0. The number of carbonyl (C=O) groups is 4. The van der Waals surface area contributed by atoms with Gasteiger partial charge in [0.05, 0.1) is 0 Å². The van der Waals surface area contributed by atoms with Gasteiger partial charge in [0, 0.05) is 23.9 Å². The van der Waals surface area contributed by atoms with E-state index >= 15 is 0 Å². The molecular formula is C32H60Mn2O8. The summed E-state index contributed by atoms with van der Waals surface area (Å²) in [5.74, 6) is -4.46. The van der Waals surface area contributed by atoms with E-state index < -0.39 is 23.9 Å². The van der Waals surface area contributed by atoms with E-state index in [1.165, 1.54) is 0 Å². The Morgan fingerprint density at radius 2 is 0.524 bits per heavy atom. The van der Waals surface area contributed by atoms with E-state index in [-0.39, 0.29) is 57.8 Å². The van der Waals surface area contributed by atoms with E-state index in [4.69, 9.17) is 0 Å². The fourth-order valence-corrected chi connectivity index (χ4v) is 3.76. The van der Waals surface area contributed by atoms with E-state index in [0.29, 0.717) is 25.7 Å². The molecule has 0 saturated heterocycles. The van der Waals surface area contributed by atoms with Crippen LogP contribution in [0, 0.1) is 23.7 Å². The summed E-state index contributed by atoms with van der Waals surface area (Å²) in [7, 11) is 0. The van der Waals surface area contributed by atoms with Gasteiger partial charge in [0.25, 0.3) is 0 Å². The standard InChI is InChI=1S/4C8H16O2.2Mn/c4*1-3-5-6-7(4-2)8(9)10;;/h4*7H,3-6H2,1-2H3,(H,9,10);;/q;;;;2*+2/p-4. The summed E-state index contributed by atoms with van der Waals surface area (Å²) in [4.78, 5) is 41.3. The molecule has 0 spiro atoms. The van der Waals surface area contributed by atoms with Crippen LogP contribution in [0.3, 0.4) is 0 Å². The summed E-state index contributed by atoms with van der Waals surface area (Å²) >= 11 is 0. The molecule has 4 unspecified atom stereocenters. The summed E-state index contributed by atoms with van der Waals surface area (Å²) in [6, 6.07) is 0. The number of carboxylic acids is 4. The van der Waals surface area contributed by atoms with E-state index in [2.05, 4.69) is 27.7 Å². The third kappa shape index (κ3) is 36.9. The molecule has 0 heterocycles. The smallest absolute Gasteiger partial charge is 0.550 e. The van der Waals surface area contributed by atoms with Crippen LogP contribution in [0.5, 0.6) is 0 Å². The molecule has 8 nitrogen and oxygen atoms in total. The van der Waals surface area contributed by atoms with Crippen molar-refractivity contribution in [3.63, 3.8) is 0 Å². The molecular weight excluding hydrogens is 622 g/mol. The molecule has 0 aromatic heterocycles. The Hall–Kier alpha value is -1.08. The van der Waals surface area contributed by atoms with Crippen LogP contribution >= 0.6 is 0 Å². The predicted molar refractivity (Wildman–Crippen MR) is 153 cm³/mol. The maximum absolute atomic E-state index is 10.3. The van der Waals surface area contributed by atoms with Crippen LogP contribution in [0.4, 0.5) is 0 Å². The zero-order valence-corrected chi connectivity index (χ0v) is 30.0. The zero-order valence-electron chi connectivity index (χ0n) is 27.6. The van der Waals surface area contributed by atoms with Gasteiger partial charge < -0.3 is 39.6 Å². The van der Waals surface area contributed by atoms with Crippen molar-refractivity contribution in [2.45, 2.75) is 158 Å². The number of hydrogen-bond donors (Lipinski definition) is 0. The van der Waals surface area contributed by atoms with Crippen LogP contribution in [-0.4, -0.2) is 23.9 Å². The maximum atomic E-state index is 10.3. The first-order valence-corrected chi connectivity index (χ1v) is 15.7. The van der Waals surface area contributed by atoms with Crippen LogP contribution in [0.25, 0.3) is 0 Å². The third-order valence-electron chi connectivity index (χ3n) is 6.93. The molecule has 0 N–H and O–H groups in total. The van der Waals surface area contributed by atoms with Crippen molar-refractivity contribution in [2.75, 3.05) is 0 Å². The first kappa shape index (κ1) is 53.5. The molecule has 0 saturated carbocycles. The van der Waals surface area contributed by atoms with Crippen LogP contribution in [0.1, 0.15) is 158 Å². The van der Waals surface area contributed by atoms with Gasteiger partial charge >= 0.3 is 34.1 Å². The molecule has 0 bridgehead atoms. The van der Waals surface area contributed by atoms with Gasteiger partial charge in [-0.2, -0.15) is 0 Å². The number of unbranched alkanes of at least 4 members (excludes halogenated alkanes) is 4. The molecule has 4 atom stereocenters. The van der Waals surface area contributed by atoms with Crippen LogP contribution in [-0.2, 0) is 53.3 Å². The van der Waals surface area contributed by atoms with Crippen molar-refractivity contribution < 1.29 is 73.7 Å². The molecule has 250 valence electrons. The average molecular weight is 683 g/mol. The summed E-state index contributed by atoms with van der Waals surface area (Å²) < 4.78 is 0. The minimum atomic E-state index is -0.893. The van der Waals surface area contributed by atoms with E-state index in [1.54, 1.807) is 0 Å². The molecule has 0 aliphatic rings. The normalized spacial score (nSPS) is 12.4. The Morgan fingerprint density at radius 3 is 0.595 bits per heavy atom. The second kappa shape index (κ2) is 39.9. The van der Waals surface area contributed by atoms with Gasteiger partial charge in [-0.15, -0.1) is 0 Å². The number of rotatable bonds is 20. The monoisotopic (exact) mass is 682 g/mol. The van der Waals surface area contributed by atoms with Crippen LogP contribution in [0.2, 0.25) is 0 Å². The number of hydrogen-bond acceptors (Lipinski definition) is 8. The zero-order chi connectivity index (χ0) is 31.9. The molecule has 0 aliphatic heterocycles. The molecule has 42 heavy (non-hydrogen) atoms. The van der Waals surface area contributed by atoms with Gasteiger partial charge in [-0.1, -0.05) is 107 Å². The van der Waals surface area contributed by atoms with E-state index in [0.717, 1.165) is 77.0 Å². The van der Waals surface area contributed by atoms with Crippen molar-refractivity contribution in [1.82, 2.24) is 0 Å². The van der Waals surface area contributed by atoms with Crippen LogP contribution < -0.4 is 20.4 Å². The van der Waals surface area contributed by atoms with Crippen molar-refractivity contribution in [2.24, 2.45) is 23.7 Å². The van der Waals surface area contributed by atoms with Gasteiger partial charge in [-0.25, -0.2) is 0 Å². The molecule has 2 radical (unpaired) electrons. The molecule has 0 fully saturated rings. The van der Waals surface area contributed by atoms with Crippen LogP contribution in [0.15, 0.2) is 0 Å². The first-order valence-electron chi connectivity index (χ1n) is 15.7. The number of carboxylic acid groups (broad SMARTS) is 4. The summed E-state index contributed by atoms with van der Waals surface area (Å²) in [6.07, 6.45) is 14.1. The second-order valence-electron chi connectivity index (χ2n) is 10.3. The van der Waals surface area contributed by atoms with Crippen molar-refractivity contribution in [3.8, 4) is 0 Å². The Labute approximate surface area is 278 Å². The Balaban J connectivity index is -0.000000101. The van der Waals surface area contributed by atoms with E-state index in [9.17, 15) is 39.6 Å². The molecule has 0 aromatic rings. The predicted octanol–water partition coefficient (Wildman–Crippen LogP) is 3.81. The SMILES string of the molecule is CCCCC(CC)C(=O)[O-].CCCCC(CC)C(=O)[O-].CCCCC(CC)C(=O)[O-].CCCCC(CC)C(=O)[O-].[Mn+2].[Mn+2]. The summed E-state index contributed by atoms with van der Waals surface area (Å²) in [5.41, 5.74) is 0. The average Bonchev–Trinajstić information content (AvgIpc) is 2.91. The fourth-order valence-electron chi connectivity index (χ4n) is 3.76. The molecule has 0 aromatic carbocycles. The third-order valence-corrected chi connectivity index (χ3v) is 6.93. The Kier molecular flexibility index (Phi) is 50.8. The van der Waals surface area contributed by atoms with Crippen molar-refractivity contribution >= 4 is 23.9 Å². The molecule has 10 heteroatoms. The van der Waals surface area contributed by atoms with Gasteiger partial charge in [0.2, 0.25) is 0 Å². The van der Waals surface area contributed by atoms with Gasteiger partial charge in [-0.3, -0.25) is 0 Å². The fraction of sp³-hybridized carbons (Fsp3) is 0.875. The van der Waals surface area contributed by atoms with Crippen molar-refractivity contribution in [3.05, 3.63) is 0 Å². The Morgan fingerprint density at radius 1 is 0.381 bits per heavy atom.